The maximum atomic E-state index is 12.7. The number of rotatable bonds is 4. The lowest BCUT2D eigenvalue weighted by atomic mass is 10.1. The molecule has 0 amide bonds. The van der Waals surface area contributed by atoms with Gasteiger partial charge in [-0.2, -0.15) is 4.31 Å². The van der Waals surface area contributed by atoms with Gasteiger partial charge in [-0.1, -0.05) is 24.6 Å². The molecule has 0 bridgehead atoms. The predicted octanol–water partition coefficient (Wildman–Crippen LogP) is 1.37. The molecule has 5 nitrogen and oxygen atoms in total. The number of nitrogens with zero attached hydrogens (tertiary/aromatic N) is 2. The second-order valence-corrected chi connectivity index (χ2v) is 8.13. The Balaban J connectivity index is 2.29. The minimum absolute atomic E-state index is 0.233. The van der Waals surface area contributed by atoms with Gasteiger partial charge in [-0.25, -0.2) is 8.42 Å². The smallest absolute Gasteiger partial charge is 0.243 e. The summed E-state index contributed by atoms with van der Waals surface area (Å²) in [6.07, 6.45) is 0. The van der Waals surface area contributed by atoms with Crippen LogP contribution in [0.5, 0.6) is 0 Å². The second-order valence-electron chi connectivity index (χ2n) is 5.79. The van der Waals surface area contributed by atoms with Crippen LogP contribution >= 0.6 is 11.6 Å². The SMILES string of the molecule is CC1CN(S(=O)(=O)c2ccc(CN)c(Cl)c2)CC1N(C)C. The molecule has 1 fully saturated rings. The van der Waals surface area contributed by atoms with Crippen molar-refractivity contribution in [3.8, 4) is 0 Å². The lowest BCUT2D eigenvalue weighted by molar-refractivity contribution is 0.263. The van der Waals surface area contributed by atoms with E-state index in [1.165, 1.54) is 10.4 Å². The predicted molar refractivity (Wildman–Crippen MR) is 84.7 cm³/mol. The molecule has 0 saturated carbocycles. The van der Waals surface area contributed by atoms with Gasteiger partial charge in [0, 0.05) is 30.7 Å². The Kier molecular flexibility index (Phi) is 4.95. The van der Waals surface area contributed by atoms with Crippen molar-refractivity contribution in [2.45, 2.75) is 24.4 Å². The van der Waals surface area contributed by atoms with Crippen LogP contribution in [-0.2, 0) is 16.6 Å². The van der Waals surface area contributed by atoms with Gasteiger partial charge in [0.1, 0.15) is 0 Å². The minimum Gasteiger partial charge on any atom is -0.326 e. The number of halogens is 1. The Morgan fingerprint density at radius 3 is 2.52 bits per heavy atom. The zero-order valence-electron chi connectivity index (χ0n) is 12.6. The molecule has 1 aliphatic rings. The summed E-state index contributed by atoms with van der Waals surface area (Å²) in [6.45, 7) is 3.40. The van der Waals surface area contributed by atoms with E-state index in [-0.39, 0.29) is 10.9 Å². The van der Waals surface area contributed by atoms with Gasteiger partial charge in [0.2, 0.25) is 10.0 Å². The molecule has 1 aromatic rings. The molecule has 0 aromatic heterocycles. The number of hydrogen-bond donors (Lipinski definition) is 1. The monoisotopic (exact) mass is 331 g/mol. The zero-order valence-corrected chi connectivity index (χ0v) is 14.2. The fourth-order valence-corrected chi connectivity index (χ4v) is 4.69. The molecule has 1 aliphatic heterocycles. The van der Waals surface area contributed by atoms with Gasteiger partial charge in [-0.3, -0.25) is 0 Å². The highest BCUT2D eigenvalue weighted by Gasteiger charge is 2.38. The Bertz CT molecular complexity index is 619. The highest BCUT2D eigenvalue weighted by molar-refractivity contribution is 7.89. The van der Waals surface area contributed by atoms with Crippen LogP contribution in [0.15, 0.2) is 23.1 Å². The summed E-state index contributed by atoms with van der Waals surface area (Å²) in [7, 11) is 0.449. The highest BCUT2D eigenvalue weighted by Crippen LogP contribution is 2.28. The third kappa shape index (κ3) is 3.24. The minimum atomic E-state index is -3.50. The molecule has 118 valence electrons. The number of sulfonamides is 1. The average molecular weight is 332 g/mol. The topological polar surface area (TPSA) is 66.6 Å². The van der Waals surface area contributed by atoms with Crippen molar-refractivity contribution in [3.05, 3.63) is 28.8 Å². The first-order chi connectivity index (χ1) is 9.77. The van der Waals surface area contributed by atoms with Crippen molar-refractivity contribution < 1.29 is 8.42 Å². The first kappa shape index (κ1) is 16.7. The summed E-state index contributed by atoms with van der Waals surface area (Å²) in [5.41, 5.74) is 6.30. The van der Waals surface area contributed by atoms with E-state index < -0.39 is 10.0 Å². The normalized spacial score (nSPS) is 23.9. The van der Waals surface area contributed by atoms with Crippen LogP contribution in [0.4, 0.5) is 0 Å². The lowest BCUT2D eigenvalue weighted by Gasteiger charge is -2.22. The van der Waals surface area contributed by atoms with E-state index in [1.807, 2.05) is 14.1 Å². The lowest BCUT2D eigenvalue weighted by Crippen LogP contribution is -2.35. The third-order valence-corrected chi connectivity index (χ3v) is 6.26. The second kappa shape index (κ2) is 6.22. The first-order valence-electron chi connectivity index (χ1n) is 6.92. The van der Waals surface area contributed by atoms with Gasteiger partial charge in [0.25, 0.3) is 0 Å². The standard InChI is InChI=1S/C14H22ClN3O2S/c1-10-8-18(9-14(10)17(2)3)21(19,20)12-5-4-11(7-16)13(15)6-12/h4-6,10,14H,7-9,16H2,1-3H3. The quantitative estimate of drug-likeness (QED) is 0.905. The first-order valence-corrected chi connectivity index (χ1v) is 8.74. The fourth-order valence-electron chi connectivity index (χ4n) is 2.78. The van der Waals surface area contributed by atoms with E-state index in [1.54, 1.807) is 12.1 Å². The van der Waals surface area contributed by atoms with Crippen molar-refractivity contribution >= 4 is 21.6 Å². The highest BCUT2D eigenvalue weighted by atomic mass is 35.5. The van der Waals surface area contributed by atoms with Crippen molar-refractivity contribution in [1.82, 2.24) is 9.21 Å². The summed E-state index contributed by atoms with van der Waals surface area (Å²) in [4.78, 5) is 2.31. The molecular weight excluding hydrogens is 310 g/mol. The third-order valence-electron chi connectivity index (χ3n) is 4.08. The van der Waals surface area contributed by atoms with Crippen molar-refractivity contribution in [3.63, 3.8) is 0 Å². The van der Waals surface area contributed by atoms with Gasteiger partial charge in [-0.05, 0) is 37.7 Å². The molecule has 2 atom stereocenters. The molecule has 0 radical (unpaired) electrons. The Hall–Kier alpha value is -0.660. The molecule has 2 N–H and O–H groups in total. The van der Waals surface area contributed by atoms with E-state index >= 15 is 0 Å². The van der Waals surface area contributed by atoms with E-state index in [0.717, 1.165) is 5.56 Å². The summed E-state index contributed by atoms with van der Waals surface area (Å²) in [6, 6.07) is 4.99. The van der Waals surface area contributed by atoms with E-state index in [2.05, 4.69) is 11.8 Å². The summed E-state index contributed by atoms with van der Waals surface area (Å²) in [5.74, 6) is 0.300. The fraction of sp³-hybridized carbons (Fsp3) is 0.571. The molecule has 0 spiro atoms. The van der Waals surface area contributed by atoms with Crippen LogP contribution < -0.4 is 5.73 Å². The Morgan fingerprint density at radius 1 is 1.38 bits per heavy atom. The summed E-state index contributed by atoms with van der Waals surface area (Å²) >= 11 is 6.08. The van der Waals surface area contributed by atoms with Crippen LogP contribution in [0.25, 0.3) is 0 Å². The molecule has 1 aromatic carbocycles. The van der Waals surface area contributed by atoms with Gasteiger partial charge >= 0.3 is 0 Å². The van der Waals surface area contributed by atoms with Gasteiger partial charge in [0.15, 0.2) is 0 Å². The molecular formula is C14H22ClN3O2S. The summed E-state index contributed by atoms with van der Waals surface area (Å²) < 4.78 is 27.0. The van der Waals surface area contributed by atoms with Crippen LogP contribution in [0.1, 0.15) is 12.5 Å². The van der Waals surface area contributed by atoms with E-state index in [0.29, 0.717) is 30.6 Å². The Labute approximate surface area is 131 Å². The molecule has 1 heterocycles. The number of nitrogens with two attached hydrogens (primary N) is 1. The zero-order chi connectivity index (χ0) is 15.8. The molecule has 1 saturated heterocycles. The van der Waals surface area contributed by atoms with Crippen LogP contribution in [0.2, 0.25) is 5.02 Å². The van der Waals surface area contributed by atoms with Crippen LogP contribution in [-0.4, -0.2) is 50.8 Å². The van der Waals surface area contributed by atoms with Gasteiger partial charge in [-0.15, -0.1) is 0 Å². The molecule has 2 unspecified atom stereocenters. The maximum absolute atomic E-state index is 12.7. The molecule has 21 heavy (non-hydrogen) atoms. The average Bonchev–Trinajstić information content (AvgIpc) is 2.81. The van der Waals surface area contributed by atoms with Crippen LogP contribution in [0.3, 0.4) is 0 Å². The van der Waals surface area contributed by atoms with E-state index in [9.17, 15) is 8.42 Å². The van der Waals surface area contributed by atoms with E-state index in [4.69, 9.17) is 17.3 Å². The molecule has 0 aliphatic carbocycles. The van der Waals surface area contributed by atoms with Gasteiger partial charge < -0.3 is 10.6 Å². The van der Waals surface area contributed by atoms with Crippen molar-refractivity contribution in [2.24, 2.45) is 11.7 Å². The molecule has 2 rings (SSSR count). The molecule has 7 heteroatoms. The largest absolute Gasteiger partial charge is 0.326 e. The van der Waals surface area contributed by atoms with Crippen LogP contribution in [0, 0.1) is 5.92 Å². The maximum Gasteiger partial charge on any atom is 0.243 e. The number of benzene rings is 1. The number of likely N-dealkylation sites (N-methyl/N-ethyl adjacent to an activating group) is 1. The number of hydrogen-bond acceptors (Lipinski definition) is 4. The Morgan fingerprint density at radius 2 is 2.05 bits per heavy atom. The van der Waals surface area contributed by atoms with Crippen molar-refractivity contribution in [1.29, 1.82) is 0 Å². The van der Waals surface area contributed by atoms with Gasteiger partial charge in [0.05, 0.1) is 4.90 Å². The van der Waals surface area contributed by atoms with Crippen molar-refractivity contribution in [2.75, 3.05) is 27.2 Å². The summed E-state index contributed by atoms with van der Waals surface area (Å²) in [5, 5.41) is 0.398.